The monoisotopic (exact) mass is 285 g/mol. The highest BCUT2D eigenvalue weighted by Gasteiger charge is 2.28. The third-order valence-corrected chi connectivity index (χ3v) is 5.08. The Labute approximate surface area is 120 Å². The first-order valence-corrected chi connectivity index (χ1v) is 7.50. The first kappa shape index (κ1) is 14.2. The van der Waals surface area contributed by atoms with Gasteiger partial charge in [0.15, 0.2) is 0 Å². The van der Waals surface area contributed by atoms with Crippen molar-refractivity contribution in [1.29, 1.82) is 0 Å². The van der Waals surface area contributed by atoms with Gasteiger partial charge in [-0.1, -0.05) is 48.7 Å². The molecule has 100 valence electrons. The molecule has 1 aromatic rings. The maximum Gasteiger partial charge on any atom is 0.0624 e. The maximum atomic E-state index is 6.28. The molecule has 0 saturated heterocycles. The third kappa shape index (κ3) is 3.20. The zero-order chi connectivity index (χ0) is 13.1. The standard InChI is InChI=1S/C15H21Cl2N/c1-10-5-6-12(9-18)13(7-10)8-11-3-2-4-14(16)15(11)17/h2-4,10,12-13H,5-9,18H2,1H3. The van der Waals surface area contributed by atoms with Crippen molar-refractivity contribution in [2.24, 2.45) is 23.5 Å². The Bertz CT molecular complexity index is 405. The molecule has 0 aromatic heterocycles. The Balaban J connectivity index is 2.13. The Morgan fingerprint density at radius 3 is 2.72 bits per heavy atom. The molecule has 1 aromatic carbocycles. The molecule has 0 radical (unpaired) electrons. The second kappa shape index (κ2) is 6.27. The minimum Gasteiger partial charge on any atom is -0.330 e. The van der Waals surface area contributed by atoms with Gasteiger partial charge in [0.25, 0.3) is 0 Å². The van der Waals surface area contributed by atoms with E-state index in [1.54, 1.807) is 0 Å². The molecule has 3 unspecified atom stereocenters. The second-order valence-electron chi connectivity index (χ2n) is 5.59. The lowest BCUT2D eigenvalue weighted by Crippen LogP contribution is -2.31. The second-order valence-corrected chi connectivity index (χ2v) is 6.38. The van der Waals surface area contributed by atoms with E-state index in [1.165, 1.54) is 24.8 Å². The van der Waals surface area contributed by atoms with Crippen LogP contribution in [0, 0.1) is 17.8 Å². The molecule has 1 aliphatic rings. The summed E-state index contributed by atoms with van der Waals surface area (Å²) in [6.07, 6.45) is 4.82. The summed E-state index contributed by atoms with van der Waals surface area (Å²) >= 11 is 12.4. The van der Waals surface area contributed by atoms with E-state index in [1.807, 2.05) is 12.1 Å². The van der Waals surface area contributed by atoms with E-state index in [0.717, 1.165) is 18.9 Å². The summed E-state index contributed by atoms with van der Waals surface area (Å²) in [5.41, 5.74) is 7.07. The fourth-order valence-corrected chi connectivity index (χ4v) is 3.51. The lowest BCUT2D eigenvalue weighted by molar-refractivity contribution is 0.193. The topological polar surface area (TPSA) is 26.0 Å². The Morgan fingerprint density at radius 2 is 2.00 bits per heavy atom. The normalized spacial score (nSPS) is 28.3. The van der Waals surface area contributed by atoms with Crippen LogP contribution in [0.5, 0.6) is 0 Å². The smallest absolute Gasteiger partial charge is 0.0624 e. The first-order valence-electron chi connectivity index (χ1n) is 6.74. The number of halogens is 2. The van der Waals surface area contributed by atoms with E-state index in [4.69, 9.17) is 28.9 Å². The van der Waals surface area contributed by atoms with Crippen LogP contribution < -0.4 is 5.73 Å². The third-order valence-electron chi connectivity index (χ3n) is 4.22. The fraction of sp³-hybridized carbons (Fsp3) is 0.600. The molecule has 3 heteroatoms. The van der Waals surface area contributed by atoms with Crippen LogP contribution in [-0.2, 0) is 6.42 Å². The van der Waals surface area contributed by atoms with Gasteiger partial charge in [-0.25, -0.2) is 0 Å². The average Bonchev–Trinajstić information content (AvgIpc) is 2.35. The van der Waals surface area contributed by atoms with Gasteiger partial charge in [-0.05, 0) is 55.2 Å². The number of nitrogens with two attached hydrogens (primary N) is 1. The number of hydrogen-bond donors (Lipinski definition) is 1. The predicted molar refractivity (Wildman–Crippen MR) is 79.2 cm³/mol. The SMILES string of the molecule is CC1CCC(CN)C(Cc2cccc(Cl)c2Cl)C1. The maximum absolute atomic E-state index is 6.28. The molecule has 18 heavy (non-hydrogen) atoms. The van der Waals surface area contributed by atoms with Crippen molar-refractivity contribution in [2.45, 2.75) is 32.6 Å². The van der Waals surface area contributed by atoms with E-state index < -0.39 is 0 Å². The van der Waals surface area contributed by atoms with E-state index in [0.29, 0.717) is 21.9 Å². The minimum atomic E-state index is 0.635. The zero-order valence-corrected chi connectivity index (χ0v) is 12.3. The van der Waals surface area contributed by atoms with Gasteiger partial charge in [0.2, 0.25) is 0 Å². The molecule has 0 heterocycles. The van der Waals surface area contributed by atoms with Crippen LogP contribution in [0.25, 0.3) is 0 Å². The summed E-state index contributed by atoms with van der Waals surface area (Å²) in [6, 6.07) is 5.91. The number of rotatable bonds is 3. The van der Waals surface area contributed by atoms with Gasteiger partial charge >= 0.3 is 0 Å². The first-order chi connectivity index (χ1) is 8.61. The largest absolute Gasteiger partial charge is 0.330 e. The van der Waals surface area contributed by atoms with Crippen LogP contribution in [0.4, 0.5) is 0 Å². The molecule has 0 amide bonds. The highest BCUT2D eigenvalue weighted by atomic mass is 35.5. The molecule has 0 bridgehead atoms. The molecule has 1 fully saturated rings. The Kier molecular flexibility index (Phi) is 4.94. The summed E-state index contributed by atoms with van der Waals surface area (Å²) in [5.74, 6) is 2.08. The van der Waals surface area contributed by atoms with E-state index in [9.17, 15) is 0 Å². The zero-order valence-electron chi connectivity index (χ0n) is 10.8. The van der Waals surface area contributed by atoms with Gasteiger partial charge in [0.05, 0.1) is 10.0 Å². The van der Waals surface area contributed by atoms with Crippen molar-refractivity contribution in [3.63, 3.8) is 0 Å². The number of hydrogen-bond acceptors (Lipinski definition) is 1. The molecular formula is C15H21Cl2N. The van der Waals surface area contributed by atoms with Crippen molar-refractivity contribution in [1.82, 2.24) is 0 Å². The van der Waals surface area contributed by atoms with Gasteiger partial charge in [0, 0.05) is 0 Å². The summed E-state index contributed by atoms with van der Waals surface area (Å²) in [5, 5.41) is 1.37. The van der Waals surface area contributed by atoms with E-state index in [-0.39, 0.29) is 0 Å². The molecule has 3 atom stereocenters. The van der Waals surface area contributed by atoms with Crippen LogP contribution >= 0.6 is 23.2 Å². The van der Waals surface area contributed by atoms with Crippen molar-refractivity contribution in [3.05, 3.63) is 33.8 Å². The molecule has 2 N–H and O–H groups in total. The molecule has 0 spiro atoms. The number of benzene rings is 1. The molecule has 1 nitrogen and oxygen atoms in total. The minimum absolute atomic E-state index is 0.635. The van der Waals surface area contributed by atoms with Gasteiger partial charge < -0.3 is 5.73 Å². The Hall–Kier alpha value is -0.240. The average molecular weight is 286 g/mol. The Morgan fingerprint density at radius 1 is 1.22 bits per heavy atom. The highest BCUT2D eigenvalue weighted by molar-refractivity contribution is 6.42. The fourth-order valence-electron chi connectivity index (χ4n) is 3.11. The summed E-state index contributed by atoms with van der Waals surface area (Å²) in [7, 11) is 0. The van der Waals surface area contributed by atoms with Gasteiger partial charge in [-0.3, -0.25) is 0 Å². The lowest BCUT2D eigenvalue weighted by Gasteiger charge is -2.34. The molecular weight excluding hydrogens is 265 g/mol. The quantitative estimate of drug-likeness (QED) is 0.867. The molecule has 1 saturated carbocycles. The van der Waals surface area contributed by atoms with Gasteiger partial charge in [-0.15, -0.1) is 0 Å². The van der Waals surface area contributed by atoms with Gasteiger partial charge in [0.1, 0.15) is 0 Å². The summed E-state index contributed by atoms with van der Waals surface area (Å²) in [6.45, 7) is 3.12. The highest BCUT2D eigenvalue weighted by Crippen LogP contribution is 2.37. The molecule has 1 aliphatic carbocycles. The van der Waals surface area contributed by atoms with E-state index >= 15 is 0 Å². The van der Waals surface area contributed by atoms with Crippen LogP contribution in [0.3, 0.4) is 0 Å². The van der Waals surface area contributed by atoms with Gasteiger partial charge in [-0.2, -0.15) is 0 Å². The summed E-state index contributed by atoms with van der Waals surface area (Å²) in [4.78, 5) is 0. The molecule has 2 rings (SSSR count). The molecule has 0 aliphatic heterocycles. The van der Waals surface area contributed by atoms with Crippen LogP contribution in [0.2, 0.25) is 10.0 Å². The van der Waals surface area contributed by atoms with E-state index in [2.05, 4.69) is 13.0 Å². The van der Waals surface area contributed by atoms with Crippen molar-refractivity contribution in [2.75, 3.05) is 6.54 Å². The van der Waals surface area contributed by atoms with Crippen molar-refractivity contribution in [3.8, 4) is 0 Å². The predicted octanol–water partition coefficient (Wildman–Crippen LogP) is 4.55. The van der Waals surface area contributed by atoms with Crippen LogP contribution in [0.1, 0.15) is 31.7 Å². The van der Waals surface area contributed by atoms with Crippen LogP contribution in [0.15, 0.2) is 18.2 Å². The summed E-state index contributed by atoms with van der Waals surface area (Å²) < 4.78 is 0. The van der Waals surface area contributed by atoms with Crippen LogP contribution in [-0.4, -0.2) is 6.54 Å². The lowest BCUT2D eigenvalue weighted by atomic mass is 9.72. The van der Waals surface area contributed by atoms with Crippen molar-refractivity contribution < 1.29 is 0 Å². The van der Waals surface area contributed by atoms with Crippen molar-refractivity contribution >= 4 is 23.2 Å².